The average molecular weight is 314 g/mol. The van der Waals surface area contributed by atoms with Crippen molar-refractivity contribution in [1.29, 1.82) is 0 Å². The van der Waals surface area contributed by atoms with E-state index in [1.807, 2.05) is 12.1 Å². The number of ether oxygens (including phenoxy) is 2. The van der Waals surface area contributed by atoms with E-state index in [1.54, 1.807) is 14.2 Å². The standard InChI is InChI=1S/C17H28ClNO2/c1-20-10-4-3-6-16(14-19-9-11-21-2)12-15-7-5-8-17(18)13-15/h5,7-8,13,16,19H,3-4,6,9-12,14H2,1-2H3. The van der Waals surface area contributed by atoms with Crippen molar-refractivity contribution in [1.82, 2.24) is 5.32 Å². The predicted octanol–water partition coefficient (Wildman–Crippen LogP) is 3.55. The molecule has 0 saturated heterocycles. The normalized spacial score (nSPS) is 12.5. The number of benzene rings is 1. The Hall–Kier alpha value is -0.610. The molecule has 1 aromatic rings. The van der Waals surface area contributed by atoms with Gasteiger partial charge in [-0.3, -0.25) is 0 Å². The van der Waals surface area contributed by atoms with Crippen LogP contribution in [0.3, 0.4) is 0 Å². The fraction of sp³-hybridized carbons (Fsp3) is 0.647. The second-order valence-electron chi connectivity index (χ2n) is 5.39. The molecule has 0 spiro atoms. The van der Waals surface area contributed by atoms with E-state index >= 15 is 0 Å². The van der Waals surface area contributed by atoms with Crippen LogP contribution in [0.2, 0.25) is 5.02 Å². The Morgan fingerprint density at radius 1 is 1.14 bits per heavy atom. The molecule has 0 aliphatic rings. The molecule has 0 amide bonds. The minimum Gasteiger partial charge on any atom is -0.385 e. The Morgan fingerprint density at radius 2 is 1.95 bits per heavy atom. The first-order valence-electron chi connectivity index (χ1n) is 7.69. The summed E-state index contributed by atoms with van der Waals surface area (Å²) in [5, 5.41) is 4.29. The van der Waals surface area contributed by atoms with Crippen molar-refractivity contribution in [3.63, 3.8) is 0 Å². The Labute approximate surface area is 134 Å². The molecule has 21 heavy (non-hydrogen) atoms. The van der Waals surface area contributed by atoms with E-state index in [0.29, 0.717) is 5.92 Å². The molecule has 0 radical (unpaired) electrons. The van der Waals surface area contributed by atoms with Gasteiger partial charge in [-0.15, -0.1) is 0 Å². The summed E-state index contributed by atoms with van der Waals surface area (Å²) in [6.07, 6.45) is 4.59. The van der Waals surface area contributed by atoms with Crippen LogP contribution in [0, 0.1) is 5.92 Å². The van der Waals surface area contributed by atoms with Gasteiger partial charge < -0.3 is 14.8 Å². The molecular formula is C17H28ClNO2. The smallest absolute Gasteiger partial charge is 0.0587 e. The van der Waals surface area contributed by atoms with Crippen LogP contribution in [-0.4, -0.2) is 40.5 Å². The summed E-state index contributed by atoms with van der Waals surface area (Å²) < 4.78 is 10.2. The van der Waals surface area contributed by atoms with Crippen LogP contribution in [0.4, 0.5) is 0 Å². The minimum absolute atomic E-state index is 0.622. The monoisotopic (exact) mass is 313 g/mol. The third kappa shape index (κ3) is 9.10. The van der Waals surface area contributed by atoms with Crippen molar-refractivity contribution in [2.75, 3.05) is 40.5 Å². The van der Waals surface area contributed by atoms with Crippen LogP contribution in [0.5, 0.6) is 0 Å². The summed E-state index contributed by atoms with van der Waals surface area (Å²) in [5.41, 5.74) is 1.31. The second kappa shape index (κ2) is 12.0. The highest BCUT2D eigenvalue weighted by atomic mass is 35.5. The van der Waals surface area contributed by atoms with E-state index < -0.39 is 0 Å². The highest BCUT2D eigenvalue weighted by Gasteiger charge is 2.10. The second-order valence-corrected chi connectivity index (χ2v) is 5.82. The van der Waals surface area contributed by atoms with Gasteiger partial charge in [0.25, 0.3) is 0 Å². The Bertz CT molecular complexity index is 362. The molecular weight excluding hydrogens is 286 g/mol. The molecule has 0 saturated carbocycles. The van der Waals surface area contributed by atoms with Gasteiger partial charge in [0.1, 0.15) is 0 Å². The van der Waals surface area contributed by atoms with E-state index in [1.165, 1.54) is 18.4 Å². The van der Waals surface area contributed by atoms with E-state index in [-0.39, 0.29) is 0 Å². The van der Waals surface area contributed by atoms with Gasteiger partial charge in [-0.25, -0.2) is 0 Å². The van der Waals surface area contributed by atoms with Crippen LogP contribution in [-0.2, 0) is 15.9 Å². The average Bonchev–Trinajstić information content (AvgIpc) is 2.48. The SMILES string of the molecule is COCCCCC(CNCCOC)Cc1cccc(Cl)c1. The largest absolute Gasteiger partial charge is 0.385 e. The van der Waals surface area contributed by atoms with E-state index in [0.717, 1.165) is 44.2 Å². The molecule has 0 fully saturated rings. The summed E-state index contributed by atoms with van der Waals surface area (Å²) in [4.78, 5) is 0. The first-order chi connectivity index (χ1) is 10.3. The quantitative estimate of drug-likeness (QED) is 0.599. The third-order valence-electron chi connectivity index (χ3n) is 3.54. The van der Waals surface area contributed by atoms with Crippen molar-refractivity contribution in [3.8, 4) is 0 Å². The first-order valence-corrected chi connectivity index (χ1v) is 8.07. The van der Waals surface area contributed by atoms with Crippen molar-refractivity contribution < 1.29 is 9.47 Å². The number of nitrogens with one attached hydrogen (secondary N) is 1. The van der Waals surface area contributed by atoms with Gasteiger partial charge in [0.15, 0.2) is 0 Å². The molecule has 120 valence electrons. The van der Waals surface area contributed by atoms with Gasteiger partial charge >= 0.3 is 0 Å². The number of hydrogen-bond acceptors (Lipinski definition) is 3. The number of rotatable bonds is 12. The molecule has 4 heteroatoms. The van der Waals surface area contributed by atoms with Crippen LogP contribution in [0.25, 0.3) is 0 Å². The lowest BCUT2D eigenvalue weighted by Gasteiger charge is -2.18. The first kappa shape index (κ1) is 18.4. The molecule has 1 N–H and O–H groups in total. The van der Waals surface area contributed by atoms with Crippen molar-refractivity contribution in [3.05, 3.63) is 34.9 Å². The molecule has 0 bridgehead atoms. The predicted molar refractivity (Wildman–Crippen MR) is 89.1 cm³/mol. The molecule has 3 nitrogen and oxygen atoms in total. The van der Waals surface area contributed by atoms with Crippen LogP contribution < -0.4 is 5.32 Å². The van der Waals surface area contributed by atoms with E-state index in [2.05, 4.69) is 17.4 Å². The fourth-order valence-corrected chi connectivity index (χ4v) is 2.65. The van der Waals surface area contributed by atoms with Gasteiger partial charge in [-0.2, -0.15) is 0 Å². The molecule has 1 atom stereocenters. The summed E-state index contributed by atoms with van der Waals surface area (Å²) in [6, 6.07) is 8.18. The van der Waals surface area contributed by atoms with Gasteiger partial charge in [0, 0.05) is 32.4 Å². The Balaban J connectivity index is 2.41. The molecule has 1 rings (SSSR count). The van der Waals surface area contributed by atoms with Gasteiger partial charge in [-0.05, 0) is 49.4 Å². The maximum atomic E-state index is 6.07. The summed E-state index contributed by atoms with van der Waals surface area (Å²) in [7, 11) is 3.49. The highest BCUT2D eigenvalue weighted by Crippen LogP contribution is 2.18. The van der Waals surface area contributed by atoms with E-state index in [4.69, 9.17) is 21.1 Å². The third-order valence-corrected chi connectivity index (χ3v) is 3.78. The van der Waals surface area contributed by atoms with Crippen LogP contribution in [0.15, 0.2) is 24.3 Å². The highest BCUT2D eigenvalue weighted by molar-refractivity contribution is 6.30. The summed E-state index contributed by atoms with van der Waals surface area (Å²) in [6.45, 7) is 3.53. The number of unbranched alkanes of at least 4 members (excludes halogenated alkanes) is 1. The zero-order valence-corrected chi connectivity index (χ0v) is 14.0. The molecule has 0 aliphatic carbocycles. The van der Waals surface area contributed by atoms with E-state index in [9.17, 15) is 0 Å². The van der Waals surface area contributed by atoms with Crippen LogP contribution in [0.1, 0.15) is 24.8 Å². The van der Waals surface area contributed by atoms with Crippen molar-refractivity contribution in [2.24, 2.45) is 5.92 Å². The van der Waals surface area contributed by atoms with Crippen LogP contribution >= 0.6 is 11.6 Å². The molecule has 1 unspecified atom stereocenters. The van der Waals surface area contributed by atoms with Gasteiger partial charge in [0.05, 0.1) is 6.61 Å². The van der Waals surface area contributed by atoms with Crippen molar-refractivity contribution >= 4 is 11.6 Å². The summed E-state index contributed by atoms with van der Waals surface area (Å²) >= 11 is 6.07. The lowest BCUT2D eigenvalue weighted by atomic mass is 9.94. The Kier molecular flexibility index (Phi) is 10.5. The topological polar surface area (TPSA) is 30.5 Å². The van der Waals surface area contributed by atoms with Gasteiger partial charge in [0.2, 0.25) is 0 Å². The minimum atomic E-state index is 0.622. The zero-order chi connectivity index (χ0) is 15.3. The molecule has 1 aromatic carbocycles. The number of hydrogen-bond donors (Lipinski definition) is 1. The lowest BCUT2D eigenvalue weighted by Crippen LogP contribution is -2.27. The molecule has 0 aromatic heterocycles. The maximum absolute atomic E-state index is 6.07. The van der Waals surface area contributed by atoms with Crippen molar-refractivity contribution in [2.45, 2.75) is 25.7 Å². The maximum Gasteiger partial charge on any atom is 0.0587 e. The molecule has 0 aliphatic heterocycles. The number of methoxy groups -OCH3 is 2. The summed E-state index contributed by atoms with van der Waals surface area (Å²) in [5.74, 6) is 0.622. The van der Waals surface area contributed by atoms with Gasteiger partial charge in [-0.1, -0.05) is 30.2 Å². The fourth-order valence-electron chi connectivity index (χ4n) is 2.43. The Morgan fingerprint density at radius 3 is 2.67 bits per heavy atom. The zero-order valence-electron chi connectivity index (χ0n) is 13.2. The number of halogens is 1. The lowest BCUT2D eigenvalue weighted by molar-refractivity contribution is 0.188. The molecule has 0 heterocycles.